The Balaban J connectivity index is 1.35. The van der Waals surface area contributed by atoms with Crippen LogP contribution in [0.15, 0.2) is 54.6 Å². The summed E-state index contributed by atoms with van der Waals surface area (Å²) in [5, 5.41) is 18.1. The standard InChI is InChI=1S/C25H31N7O2/c1-18-4-3-5-22(16-18)30-25(34)29-21-8-6-20(7-9-21)28-23-17-24(27-19(2)26-23)32-12-10-31(11-13-32)14-15-33/h3-9,16-17,33H,10-15H2,1-2H3,(H,26,27,28)(H2,29,30,34). The molecule has 4 N–H and O–H groups in total. The number of aryl methyl sites for hydroxylation is 2. The van der Waals surface area contributed by atoms with Gasteiger partial charge in [-0.1, -0.05) is 12.1 Å². The monoisotopic (exact) mass is 461 g/mol. The zero-order valence-corrected chi connectivity index (χ0v) is 19.6. The van der Waals surface area contributed by atoms with E-state index in [2.05, 4.69) is 35.7 Å². The first kappa shape index (κ1) is 23.5. The molecule has 1 aliphatic heterocycles. The first-order valence-corrected chi connectivity index (χ1v) is 11.4. The molecule has 3 aromatic rings. The highest BCUT2D eigenvalue weighted by molar-refractivity contribution is 5.99. The predicted molar refractivity (Wildman–Crippen MR) is 136 cm³/mol. The van der Waals surface area contributed by atoms with E-state index in [-0.39, 0.29) is 12.6 Å². The van der Waals surface area contributed by atoms with Crippen LogP contribution in [0.5, 0.6) is 0 Å². The van der Waals surface area contributed by atoms with Gasteiger partial charge < -0.3 is 26.0 Å². The third-order valence-corrected chi connectivity index (χ3v) is 5.63. The number of urea groups is 1. The van der Waals surface area contributed by atoms with Crippen molar-refractivity contribution in [3.05, 3.63) is 66.0 Å². The molecule has 0 bridgehead atoms. The molecular formula is C25H31N7O2. The van der Waals surface area contributed by atoms with Crippen molar-refractivity contribution in [3.8, 4) is 0 Å². The van der Waals surface area contributed by atoms with E-state index in [0.717, 1.165) is 54.8 Å². The third-order valence-electron chi connectivity index (χ3n) is 5.63. The summed E-state index contributed by atoms with van der Waals surface area (Å²) >= 11 is 0. The number of nitrogens with zero attached hydrogens (tertiary/aromatic N) is 4. The summed E-state index contributed by atoms with van der Waals surface area (Å²) in [4.78, 5) is 25.9. The highest BCUT2D eigenvalue weighted by Crippen LogP contribution is 2.22. The number of β-amino-alcohol motifs (C(OH)–C–C–N with tert-alkyl or cyclic N) is 1. The minimum atomic E-state index is -0.290. The van der Waals surface area contributed by atoms with Crippen LogP contribution >= 0.6 is 0 Å². The normalized spacial score (nSPS) is 14.0. The Kier molecular flexibility index (Phi) is 7.56. The lowest BCUT2D eigenvalue weighted by Crippen LogP contribution is -2.47. The van der Waals surface area contributed by atoms with Gasteiger partial charge in [-0.25, -0.2) is 14.8 Å². The molecule has 0 spiro atoms. The number of rotatable bonds is 7. The van der Waals surface area contributed by atoms with Crippen LogP contribution in [-0.2, 0) is 0 Å². The first-order valence-electron chi connectivity index (χ1n) is 11.4. The van der Waals surface area contributed by atoms with Gasteiger partial charge in [0.15, 0.2) is 0 Å². The van der Waals surface area contributed by atoms with E-state index in [1.54, 1.807) is 0 Å². The number of amides is 2. The minimum absolute atomic E-state index is 0.187. The van der Waals surface area contributed by atoms with Crippen LogP contribution in [0.2, 0.25) is 0 Å². The maximum atomic E-state index is 12.3. The average molecular weight is 462 g/mol. The van der Waals surface area contributed by atoms with E-state index in [1.807, 2.05) is 68.4 Å². The van der Waals surface area contributed by atoms with Gasteiger partial charge in [-0.3, -0.25) is 4.90 Å². The van der Waals surface area contributed by atoms with Crippen molar-refractivity contribution in [1.82, 2.24) is 14.9 Å². The molecule has 9 heteroatoms. The van der Waals surface area contributed by atoms with Crippen LogP contribution in [0, 0.1) is 13.8 Å². The lowest BCUT2D eigenvalue weighted by atomic mass is 10.2. The Bertz CT molecular complexity index is 1110. The number of aliphatic hydroxyl groups is 1. The fraction of sp³-hybridized carbons (Fsp3) is 0.320. The van der Waals surface area contributed by atoms with Crippen LogP contribution in [0.4, 0.5) is 33.5 Å². The second-order valence-electron chi connectivity index (χ2n) is 8.36. The predicted octanol–water partition coefficient (Wildman–Crippen LogP) is 3.60. The van der Waals surface area contributed by atoms with E-state index in [1.165, 1.54) is 0 Å². The fourth-order valence-electron chi connectivity index (χ4n) is 3.92. The van der Waals surface area contributed by atoms with Crippen molar-refractivity contribution >= 4 is 34.7 Å². The maximum Gasteiger partial charge on any atom is 0.323 e. The van der Waals surface area contributed by atoms with Gasteiger partial charge in [0, 0.05) is 55.9 Å². The number of hydrogen-bond donors (Lipinski definition) is 4. The van der Waals surface area contributed by atoms with Gasteiger partial charge in [-0.2, -0.15) is 0 Å². The Morgan fingerprint density at radius 2 is 1.62 bits per heavy atom. The van der Waals surface area contributed by atoms with Crippen molar-refractivity contribution in [1.29, 1.82) is 0 Å². The number of aliphatic hydroxyl groups excluding tert-OH is 1. The van der Waals surface area contributed by atoms with Crippen LogP contribution < -0.4 is 20.9 Å². The Hall–Kier alpha value is -3.69. The minimum Gasteiger partial charge on any atom is -0.395 e. The molecule has 0 atom stereocenters. The average Bonchev–Trinajstić information content (AvgIpc) is 2.81. The lowest BCUT2D eigenvalue weighted by Gasteiger charge is -2.35. The summed E-state index contributed by atoms with van der Waals surface area (Å²) < 4.78 is 0. The molecule has 1 fully saturated rings. The van der Waals surface area contributed by atoms with Crippen molar-refractivity contribution in [2.75, 3.05) is 60.2 Å². The molecular weight excluding hydrogens is 430 g/mol. The number of hydrogen-bond acceptors (Lipinski definition) is 7. The number of carbonyl (C=O) groups is 1. The largest absolute Gasteiger partial charge is 0.395 e. The molecule has 1 aliphatic rings. The molecule has 1 aromatic heterocycles. The first-order chi connectivity index (χ1) is 16.5. The zero-order valence-electron chi connectivity index (χ0n) is 19.6. The smallest absolute Gasteiger partial charge is 0.323 e. The molecule has 0 aliphatic carbocycles. The Morgan fingerprint density at radius 1 is 0.912 bits per heavy atom. The zero-order chi connectivity index (χ0) is 23.9. The summed E-state index contributed by atoms with van der Waals surface area (Å²) in [5.41, 5.74) is 3.39. The van der Waals surface area contributed by atoms with E-state index in [0.29, 0.717) is 18.1 Å². The molecule has 4 rings (SSSR count). The highest BCUT2D eigenvalue weighted by atomic mass is 16.3. The summed E-state index contributed by atoms with van der Waals surface area (Å²) in [6.45, 7) is 8.29. The topological polar surface area (TPSA) is 106 Å². The number of nitrogens with one attached hydrogen (secondary N) is 3. The molecule has 0 saturated carbocycles. The number of carbonyl (C=O) groups excluding carboxylic acids is 1. The second-order valence-corrected chi connectivity index (χ2v) is 8.36. The summed E-state index contributed by atoms with van der Waals surface area (Å²) in [5.74, 6) is 2.31. The van der Waals surface area contributed by atoms with Crippen LogP contribution in [0.1, 0.15) is 11.4 Å². The number of benzene rings is 2. The van der Waals surface area contributed by atoms with Gasteiger partial charge in [0.2, 0.25) is 0 Å². The van der Waals surface area contributed by atoms with E-state index in [9.17, 15) is 4.79 Å². The van der Waals surface area contributed by atoms with Crippen molar-refractivity contribution in [2.45, 2.75) is 13.8 Å². The Morgan fingerprint density at radius 3 is 2.32 bits per heavy atom. The van der Waals surface area contributed by atoms with Crippen molar-refractivity contribution in [2.24, 2.45) is 0 Å². The molecule has 9 nitrogen and oxygen atoms in total. The van der Waals surface area contributed by atoms with E-state index < -0.39 is 0 Å². The van der Waals surface area contributed by atoms with Crippen molar-refractivity contribution < 1.29 is 9.90 Å². The van der Waals surface area contributed by atoms with Gasteiger partial charge in [0.05, 0.1) is 6.61 Å². The second kappa shape index (κ2) is 11.0. The summed E-state index contributed by atoms with van der Waals surface area (Å²) in [6, 6.07) is 16.8. The Labute approximate surface area is 199 Å². The lowest BCUT2D eigenvalue weighted by molar-refractivity contribution is 0.188. The molecule has 1 saturated heterocycles. The van der Waals surface area contributed by atoms with Gasteiger partial charge in [-0.15, -0.1) is 0 Å². The number of anilines is 5. The van der Waals surface area contributed by atoms with E-state index in [4.69, 9.17) is 5.11 Å². The van der Waals surface area contributed by atoms with Gasteiger partial charge in [-0.05, 0) is 55.8 Å². The fourth-order valence-corrected chi connectivity index (χ4v) is 3.92. The SMILES string of the molecule is Cc1cccc(NC(=O)Nc2ccc(Nc3cc(N4CCN(CCO)CC4)nc(C)n3)cc2)c1. The molecule has 2 aromatic carbocycles. The quantitative estimate of drug-likeness (QED) is 0.426. The van der Waals surface area contributed by atoms with Crippen LogP contribution in [0.25, 0.3) is 0 Å². The highest BCUT2D eigenvalue weighted by Gasteiger charge is 2.18. The summed E-state index contributed by atoms with van der Waals surface area (Å²) in [6.07, 6.45) is 0. The number of piperazine rings is 1. The molecule has 0 unspecified atom stereocenters. The van der Waals surface area contributed by atoms with Gasteiger partial charge >= 0.3 is 6.03 Å². The van der Waals surface area contributed by atoms with E-state index >= 15 is 0 Å². The van der Waals surface area contributed by atoms with Crippen LogP contribution in [-0.4, -0.2) is 65.3 Å². The van der Waals surface area contributed by atoms with Gasteiger partial charge in [0.25, 0.3) is 0 Å². The molecule has 34 heavy (non-hydrogen) atoms. The van der Waals surface area contributed by atoms with Crippen LogP contribution in [0.3, 0.4) is 0 Å². The molecule has 0 radical (unpaired) electrons. The summed E-state index contributed by atoms with van der Waals surface area (Å²) in [7, 11) is 0. The maximum absolute atomic E-state index is 12.3. The van der Waals surface area contributed by atoms with Crippen molar-refractivity contribution in [3.63, 3.8) is 0 Å². The third kappa shape index (κ3) is 6.43. The molecule has 178 valence electrons. The molecule has 2 amide bonds. The van der Waals surface area contributed by atoms with Gasteiger partial charge in [0.1, 0.15) is 17.5 Å². The molecule has 2 heterocycles. The number of aromatic nitrogens is 2.